The Balaban J connectivity index is 1.55. The van der Waals surface area contributed by atoms with E-state index in [-0.39, 0.29) is 11.8 Å². The second kappa shape index (κ2) is 8.98. The molecule has 8 heteroatoms. The highest BCUT2D eigenvalue weighted by atomic mass is 16.2. The Morgan fingerprint density at radius 3 is 2.28 bits per heavy atom. The van der Waals surface area contributed by atoms with Gasteiger partial charge in [0.2, 0.25) is 17.8 Å². The summed E-state index contributed by atoms with van der Waals surface area (Å²) < 4.78 is 0. The average molecular weight is 396 g/mol. The molecule has 0 N–H and O–H groups in total. The Morgan fingerprint density at radius 1 is 1.03 bits per heavy atom. The number of anilines is 1. The molecule has 2 amide bonds. The molecule has 0 aromatic carbocycles. The Hall–Kier alpha value is -3.03. The number of aromatic nitrogens is 3. The molecule has 1 fully saturated rings. The number of hydrogen-bond donors (Lipinski definition) is 0. The molecule has 2 aromatic rings. The smallest absolute Gasteiger partial charge is 0.237 e. The number of carbonyl (C=O) groups is 2. The zero-order valence-corrected chi connectivity index (χ0v) is 17.3. The molecule has 1 aliphatic rings. The van der Waals surface area contributed by atoms with E-state index in [4.69, 9.17) is 0 Å². The van der Waals surface area contributed by atoms with Crippen LogP contribution in [0, 0.1) is 5.41 Å². The van der Waals surface area contributed by atoms with Crippen molar-refractivity contribution in [3.05, 3.63) is 48.5 Å². The third-order valence-electron chi connectivity index (χ3n) is 5.30. The van der Waals surface area contributed by atoms with Crippen LogP contribution in [0.1, 0.15) is 19.4 Å². The molecular formula is C21H28N6O2. The minimum absolute atomic E-state index is 0.133. The van der Waals surface area contributed by atoms with Crippen molar-refractivity contribution < 1.29 is 9.59 Å². The summed E-state index contributed by atoms with van der Waals surface area (Å²) in [5.74, 6) is 0.378. The lowest BCUT2D eigenvalue weighted by atomic mass is 9.89. The van der Waals surface area contributed by atoms with E-state index in [1.807, 2.05) is 12.1 Å². The fourth-order valence-corrected chi connectivity index (χ4v) is 3.48. The monoisotopic (exact) mass is 396 g/mol. The van der Waals surface area contributed by atoms with Crippen molar-refractivity contribution in [2.75, 3.05) is 44.7 Å². The van der Waals surface area contributed by atoms with Crippen LogP contribution in [-0.2, 0) is 16.0 Å². The highest BCUT2D eigenvalue weighted by Crippen LogP contribution is 2.23. The predicted octanol–water partition coefficient (Wildman–Crippen LogP) is 1.25. The fraction of sp³-hybridized carbons (Fsp3) is 0.476. The molecule has 3 rings (SSSR count). The number of hydrogen-bond acceptors (Lipinski definition) is 6. The maximum atomic E-state index is 13.1. The Bertz CT molecular complexity index is 820. The summed E-state index contributed by atoms with van der Waals surface area (Å²) in [4.78, 5) is 44.1. The lowest BCUT2D eigenvalue weighted by Crippen LogP contribution is -2.56. The lowest BCUT2D eigenvalue weighted by molar-refractivity contribution is -0.153. The summed E-state index contributed by atoms with van der Waals surface area (Å²) in [6, 6.07) is 5.65. The van der Waals surface area contributed by atoms with Crippen LogP contribution in [0.5, 0.6) is 0 Å². The Morgan fingerprint density at radius 2 is 1.66 bits per heavy atom. The van der Waals surface area contributed by atoms with Gasteiger partial charge in [0.05, 0.1) is 0 Å². The molecule has 0 aliphatic carbocycles. The quantitative estimate of drug-likeness (QED) is 0.684. The van der Waals surface area contributed by atoms with E-state index in [0.717, 1.165) is 12.0 Å². The standard InChI is InChI=1S/C21H28N6O2/c1-21(2,18(28)25(3)12-7-17-5-10-22-11-6-17)19(29)26-13-15-27(16-14-26)20-23-8-4-9-24-20/h4-6,8-11H,7,12-16H2,1-3H3. The second-order valence-corrected chi connectivity index (χ2v) is 7.79. The highest BCUT2D eigenvalue weighted by molar-refractivity contribution is 6.04. The molecule has 0 radical (unpaired) electrons. The molecule has 0 atom stereocenters. The number of likely N-dealkylation sites (N-methyl/N-ethyl adjacent to an activating group) is 1. The minimum Gasteiger partial charge on any atom is -0.345 e. The summed E-state index contributed by atoms with van der Waals surface area (Å²) in [5.41, 5.74) is 0.0151. The average Bonchev–Trinajstić information content (AvgIpc) is 2.77. The van der Waals surface area contributed by atoms with Gasteiger partial charge in [-0.05, 0) is 44.0 Å². The molecule has 0 saturated carbocycles. The molecule has 0 bridgehead atoms. The molecule has 154 valence electrons. The topological polar surface area (TPSA) is 82.5 Å². The van der Waals surface area contributed by atoms with E-state index in [1.54, 1.807) is 61.5 Å². The van der Waals surface area contributed by atoms with Gasteiger partial charge >= 0.3 is 0 Å². The molecule has 3 heterocycles. The highest BCUT2D eigenvalue weighted by Gasteiger charge is 2.41. The molecule has 2 aromatic heterocycles. The van der Waals surface area contributed by atoms with Crippen LogP contribution in [0.25, 0.3) is 0 Å². The summed E-state index contributed by atoms with van der Waals surface area (Å²) >= 11 is 0. The molecule has 0 spiro atoms. The van der Waals surface area contributed by atoms with Crippen LogP contribution < -0.4 is 4.90 Å². The summed E-state index contributed by atoms with van der Waals surface area (Å²) in [7, 11) is 1.75. The first-order valence-electron chi connectivity index (χ1n) is 9.85. The zero-order chi connectivity index (χ0) is 20.9. The molecule has 0 unspecified atom stereocenters. The van der Waals surface area contributed by atoms with Crippen LogP contribution in [0.2, 0.25) is 0 Å². The molecule has 29 heavy (non-hydrogen) atoms. The van der Waals surface area contributed by atoms with Crippen molar-refractivity contribution in [3.63, 3.8) is 0 Å². The second-order valence-electron chi connectivity index (χ2n) is 7.79. The number of pyridine rings is 1. The summed E-state index contributed by atoms with van der Waals surface area (Å²) in [6.07, 6.45) is 7.63. The van der Waals surface area contributed by atoms with Crippen LogP contribution in [0.15, 0.2) is 43.0 Å². The Labute approximate surface area is 171 Å². The molecule has 8 nitrogen and oxygen atoms in total. The first-order valence-corrected chi connectivity index (χ1v) is 9.85. The number of amides is 2. The van der Waals surface area contributed by atoms with Crippen molar-refractivity contribution in [2.45, 2.75) is 20.3 Å². The third kappa shape index (κ3) is 4.88. The van der Waals surface area contributed by atoms with Crippen LogP contribution in [-0.4, -0.2) is 76.3 Å². The van der Waals surface area contributed by atoms with Gasteiger partial charge in [-0.15, -0.1) is 0 Å². The van der Waals surface area contributed by atoms with Crippen LogP contribution in [0.4, 0.5) is 5.95 Å². The van der Waals surface area contributed by atoms with Gasteiger partial charge in [-0.2, -0.15) is 0 Å². The van der Waals surface area contributed by atoms with E-state index >= 15 is 0 Å². The number of rotatable bonds is 6. The zero-order valence-electron chi connectivity index (χ0n) is 17.3. The summed E-state index contributed by atoms with van der Waals surface area (Å²) in [5, 5.41) is 0. The number of nitrogens with zero attached hydrogens (tertiary/aromatic N) is 6. The van der Waals surface area contributed by atoms with Gasteiger partial charge < -0.3 is 14.7 Å². The van der Waals surface area contributed by atoms with Gasteiger partial charge in [0.1, 0.15) is 5.41 Å². The van der Waals surface area contributed by atoms with E-state index in [1.165, 1.54) is 0 Å². The fourth-order valence-electron chi connectivity index (χ4n) is 3.48. The Kier molecular flexibility index (Phi) is 6.41. The van der Waals surface area contributed by atoms with E-state index in [9.17, 15) is 9.59 Å². The SMILES string of the molecule is CN(CCc1ccncc1)C(=O)C(C)(C)C(=O)N1CCN(c2ncccn2)CC1. The minimum atomic E-state index is -1.10. The third-order valence-corrected chi connectivity index (χ3v) is 5.30. The summed E-state index contributed by atoms with van der Waals surface area (Å²) in [6.45, 7) is 6.39. The maximum Gasteiger partial charge on any atom is 0.237 e. The van der Waals surface area contributed by atoms with Gasteiger partial charge in [-0.25, -0.2) is 9.97 Å². The van der Waals surface area contributed by atoms with Crippen molar-refractivity contribution in [1.82, 2.24) is 24.8 Å². The van der Waals surface area contributed by atoms with Gasteiger partial charge in [-0.3, -0.25) is 14.6 Å². The van der Waals surface area contributed by atoms with Crippen molar-refractivity contribution in [2.24, 2.45) is 5.41 Å². The lowest BCUT2D eigenvalue weighted by Gasteiger charge is -2.39. The van der Waals surface area contributed by atoms with Gasteiger partial charge in [0.15, 0.2) is 0 Å². The molecule has 1 aliphatic heterocycles. The van der Waals surface area contributed by atoms with Crippen molar-refractivity contribution in [1.29, 1.82) is 0 Å². The largest absolute Gasteiger partial charge is 0.345 e. The normalized spacial score (nSPS) is 14.6. The van der Waals surface area contributed by atoms with Crippen molar-refractivity contribution >= 4 is 17.8 Å². The predicted molar refractivity (Wildman–Crippen MR) is 110 cm³/mol. The van der Waals surface area contributed by atoms with Crippen molar-refractivity contribution in [3.8, 4) is 0 Å². The maximum absolute atomic E-state index is 13.1. The first-order chi connectivity index (χ1) is 13.9. The van der Waals surface area contributed by atoms with E-state index in [2.05, 4.69) is 19.9 Å². The van der Waals surface area contributed by atoms with Gasteiger partial charge in [-0.1, -0.05) is 0 Å². The number of piperazine rings is 1. The molecular weight excluding hydrogens is 368 g/mol. The number of carbonyl (C=O) groups excluding carboxylic acids is 2. The van der Waals surface area contributed by atoms with E-state index < -0.39 is 5.41 Å². The van der Waals surface area contributed by atoms with Crippen LogP contribution >= 0.6 is 0 Å². The van der Waals surface area contributed by atoms with Crippen LogP contribution in [0.3, 0.4) is 0 Å². The van der Waals surface area contributed by atoms with E-state index in [0.29, 0.717) is 38.7 Å². The molecule has 1 saturated heterocycles. The first kappa shape index (κ1) is 20.7. The van der Waals surface area contributed by atoms with Gasteiger partial charge in [0, 0.05) is 64.6 Å². The van der Waals surface area contributed by atoms with Gasteiger partial charge in [0.25, 0.3) is 0 Å².